The first kappa shape index (κ1) is 37.9. The van der Waals surface area contributed by atoms with Gasteiger partial charge >= 0.3 is 12.1 Å². The molecule has 0 heterocycles. The molecule has 0 saturated carbocycles. The van der Waals surface area contributed by atoms with E-state index in [4.69, 9.17) is 4.74 Å². The molecular formula is C41H42N4O8. The summed E-state index contributed by atoms with van der Waals surface area (Å²) in [5.74, 6) is -5.54. The van der Waals surface area contributed by atoms with Crippen LogP contribution >= 0.6 is 0 Å². The molecule has 4 aromatic rings. The fraction of sp³-hybridized carbons (Fsp3) is 0.268. The first-order valence-corrected chi connectivity index (χ1v) is 17.4. The third-order valence-electron chi connectivity index (χ3n) is 8.93. The lowest BCUT2D eigenvalue weighted by Gasteiger charge is -2.28. The average molecular weight is 719 g/mol. The van der Waals surface area contributed by atoms with Crippen LogP contribution in [0.25, 0.3) is 11.1 Å². The summed E-state index contributed by atoms with van der Waals surface area (Å²) in [6.45, 7) is 2.94. The number of fused-ring (bicyclic) bond motifs is 3. The summed E-state index contributed by atoms with van der Waals surface area (Å²) < 4.78 is 5.76. The number of rotatable bonds is 16. The Balaban J connectivity index is 1.39. The van der Waals surface area contributed by atoms with E-state index in [0.29, 0.717) is 11.1 Å². The fourth-order valence-electron chi connectivity index (χ4n) is 6.40. The Morgan fingerprint density at radius 3 is 1.87 bits per heavy atom. The maximum atomic E-state index is 13.9. The van der Waals surface area contributed by atoms with Gasteiger partial charge in [0.2, 0.25) is 11.7 Å². The Morgan fingerprint density at radius 2 is 1.28 bits per heavy atom. The smallest absolute Gasteiger partial charge is 0.407 e. The van der Waals surface area contributed by atoms with E-state index in [0.717, 1.165) is 22.3 Å². The molecule has 0 aromatic heterocycles. The van der Waals surface area contributed by atoms with Crippen molar-refractivity contribution in [1.29, 1.82) is 0 Å². The molecule has 0 unspecified atom stereocenters. The van der Waals surface area contributed by atoms with Crippen LogP contribution in [-0.2, 0) is 30.3 Å². The predicted octanol–water partition coefficient (Wildman–Crippen LogP) is 4.24. The van der Waals surface area contributed by atoms with Gasteiger partial charge in [0.05, 0.1) is 12.6 Å². The van der Waals surface area contributed by atoms with E-state index in [1.807, 2.05) is 48.5 Å². The maximum Gasteiger partial charge on any atom is 0.407 e. The molecule has 0 aliphatic heterocycles. The zero-order valence-corrected chi connectivity index (χ0v) is 29.4. The van der Waals surface area contributed by atoms with Crippen molar-refractivity contribution < 1.29 is 38.6 Å². The number of alkyl carbamates (subject to hydrolysis) is 1. The number of aliphatic carboxylic acids is 1. The summed E-state index contributed by atoms with van der Waals surface area (Å²) in [6, 6.07) is 28.3. The molecule has 5 rings (SSSR count). The fourth-order valence-corrected chi connectivity index (χ4v) is 6.40. The average Bonchev–Trinajstić information content (AvgIpc) is 3.48. The van der Waals surface area contributed by atoms with Crippen molar-refractivity contribution >= 4 is 35.6 Å². The Hall–Kier alpha value is -6.30. The van der Waals surface area contributed by atoms with Crippen LogP contribution in [-0.4, -0.2) is 72.0 Å². The van der Waals surface area contributed by atoms with Crippen LogP contribution in [0.2, 0.25) is 0 Å². The van der Waals surface area contributed by atoms with Gasteiger partial charge in [-0.25, -0.2) is 9.59 Å². The summed E-state index contributed by atoms with van der Waals surface area (Å²) in [6.07, 6.45) is -0.886. The molecule has 12 heteroatoms. The van der Waals surface area contributed by atoms with Crippen LogP contribution in [0, 0.1) is 5.92 Å². The van der Waals surface area contributed by atoms with Crippen molar-refractivity contribution in [1.82, 2.24) is 21.3 Å². The van der Waals surface area contributed by atoms with Gasteiger partial charge in [-0.15, -0.1) is 0 Å². The van der Waals surface area contributed by atoms with E-state index in [9.17, 15) is 33.9 Å². The molecule has 5 N–H and O–H groups in total. The molecule has 3 atom stereocenters. The van der Waals surface area contributed by atoms with Crippen molar-refractivity contribution in [3.63, 3.8) is 0 Å². The summed E-state index contributed by atoms with van der Waals surface area (Å²) in [5, 5.41) is 19.7. The van der Waals surface area contributed by atoms with E-state index in [1.54, 1.807) is 74.5 Å². The molecule has 1 aliphatic rings. The zero-order valence-electron chi connectivity index (χ0n) is 29.4. The molecule has 4 aromatic carbocycles. The highest BCUT2D eigenvalue weighted by Gasteiger charge is 2.37. The van der Waals surface area contributed by atoms with Crippen LogP contribution in [0.15, 0.2) is 109 Å². The second-order valence-corrected chi connectivity index (χ2v) is 13.2. The lowest BCUT2D eigenvalue weighted by atomic mass is 9.95. The molecule has 0 radical (unpaired) electrons. The van der Waals surface area contributed by atoms with Gasteiger partial charge in [-0.3, -0.25) is 19.2 Å². The number of carbonyl (C=O) groups is 6. The van der Waals surface area contributed by atoms with Gasteiger partial charge in [0.1, 0.15) is 18.7 Å². The number of ketones is 1. The highest BCUT2D eigenvalue weighted by Crippen LogP contribution is 2.44. The van der Waals surface area contributed by atoms with Crippen molar-refractivity contribution in [3.8, 4) is 11.1 Å². The lowest BCUT2D eigenvalue weighted by Crippen LogP contribution is -2.61. The second kappa shape index (κ2) is 17.8. The number of amides is 4. The number of ether oxygens (including phenoxy) is 1. The third kappa shape index (κ3) is 9.94. The number of nitrogens with one attached hydrogen (secondary N) is 4. The maximum absolute atomic E-state index is 13.9. The molecule has 0 saturated heterocycles. The molecule has 4 amide bonds. The standard InChI is InChI=1S/C41H42N4O8/c1-25(2)21-34(40(50)51)43-39(49)37(47)36(45-35(46)23-42-38(48)27-15-7-4-8-16-27)33(22-26-13-5-3-6-14-26)44-41(52)53-24-32-30-19-11-9-17-28(30)29-18-10-12-20-31(29)32/h3-20,25,32-34,36H,21-24H2,1-2H3,(H,42,48)(H,43,49)(H,44,52)(H,45,46)(H,50,51)/t33-,34+,36+/m1/s1. The largest absolute Gasteiger partial charge is 0.480 e. The molecule has 1 aliphatic carbocycles. The van der Waals surface area contributed by atoms with E-state index in [1.165, 1.54) is 0 Å². The quantitative estimate of drug-likeness (QED) is 0.107. The molecule has 274 valence electrons. The van der Waals surface area contributed by atoms with E-state index in [-0.39, 0.29) is 31.3 Å². The second-order valence-electron chi connectivity index (χ2n) is 13.2. The minimum Gasteiger partial charge on any atom is -0.480 e. The minimum absolute atomic E-state index is 0.0280. The van der Waals surface area contributed by atoms with E-state index >= 15 is 0 Å². The highest BCUT2D eigenvalue weighted by molar-refractivity contribution is 6.39. The van der Waals surface area contributed by atoms with E-state index < -0.39 is 60.2 Å². The van der Waals surface area contributed by atoms with E-state index in [2.05, 4.69) is 21.3 Å². The molecule has 53 heavy (non-hydrogen) atoms. The number of carbonyl (C=O) groups excluding carboxylic acids is 5. The van der Waals surface area contributed by atoms with Crippen molar-refractivity contribution in [3.05, 3.63) is 131 Å². The SMILES string of the molecule is CC(C)C[C@H](NC(=O)C(=O)[C@@H](NC(=O)CNC(=O)c1ccccc1)[C@@H](Cc1ccccc1)NC(=O)OCC1c2ccccc2-c2ccccc21)C(=O)O. The topological polar surface area (TPSA) is 180 Å². The first-order chi connectivity index (χ1) is 25.5. The normalized spacial score (nSPS) is 13.4. The van der Waals surface area contributed by atoms with Gasteiger partial charge in [0.25, 0.3) is 11.8 Å². The van der Waals surface area contributed by atoms with Gasteiger partial charge < -0.3 is 31.1 Å². The number of carboxylic acid groups (broad SMARTS) is 1. The van der Waals surface area contributed by atoms with Crippen LogP contribution in [0.4, 0.5) is 4.79 Å². The Labute approximate surface area is 307 Å². The van der Waals surface area contributed by atoms with Crippen LogP contribution < -0.4 is 21.3 Å². The number of benzene rings is 4. The number of carboxylic acids is 1. The Bertz CT molecular complexity index is 1900. The number of hydrogen-bond donors (Lipinski definition) is 5. The van der Waals surface area contributed by atoms with Crippen molar-refractivity contribution in [2.75, 3.05) is 13.2 Å². The highest BCUT2D eigenvalue weighted by atomic mass is 16.5. The zero-order chi connectivity index (χ0) is 37.9. The third-order valence-corrected chi connectivity index (χ3v) is 8.93. The predicted molar refractivity (Wildman–Crippen MR) is 197 cm³/mol. The Morgan fingerprint density at radius 1 is 0.717 bits per heavy atom. The van der Waals surface area contributed by atoms with Crippen LogP contribution in [0.5, 0.6) is 0 Å². The van der Waals surface area contributed by atoms with Crippen molar-refractivity contribution in [2.45, 2.75) is 50.7 Å². The van der Waals surface area contributed by atoms with Gasteiger partial charge in [0.15, 0.2) is 0 Å². The minimum atomic E-state index is -1.69. The summed E-state index contributed by atoms with van der Waals surface area (Å²) in [4.78, 5) is 78.8. The van der Waals surface area contributed by atoms with Gasteiger partial charge in [-0.1, -0.05) is 111 Å². The molecule has 0 fully saturated rings. The molecule has 0 spiro atoms. The first-order valence-electron chi connectivity index (χ1n) is 17.4. The molecule has 12 nitrogen and oxygen atoms in total. The monoisotopic (exact) mass is 718 g/mol. The van der Waals surface area contributed by atoms with Crippen LogP contribution in [0.1, 0.15) is 53.2 Å². The summed E-state index contributed by atoms with van der Waals surface area (Å²) >= 11 is 0. The molecular weight excluding hydrogens is 676 g/mol. The Kier molecular flexibility index (Phi) is 12.7. The van der Waals surface area contributed by atoms with Crippen LogP contribution in [0.3, 0.4) is 0 Å². The van der Waals surface area contributed by atoms with Gasteiger partial charge in [0, 0.05) is 11.5 Å². The molecule has 0 bridgehead atoms. The summed E-state index contributed by atoms with van der Waals surface area (Å²) in [5.41, 5.74) is 5.02. The number of hydrogen-bond acceptors (Lipinski definition) is 7. The lowest BCUT2D eigenvalue weighted by molar-refractivity contribution is -0.145. The summed E-state index contributed by atoms with van der Waals surface area (Å²) in [7, 11) is 0. The van der Waals surface area contributed by atoms with Gasteiger partial charge in [-0.2, -0.15) is 0 Å². The van der Waals surface area contributed by atoms with Gasteiger partial charge in [-0.05, 0) is 58.7 Å². The van der Waals surface area contributed by atoms with Crippen molar-refractivity contribution in [2.24, 2.45) is 5.92 Å². The number of Topliss-reactive ketones (excluding diaryl/α,β-unsaturated/α-hetero) is 1.